The predicted molar refractivity (Wildman–Crippen MR) is 102 cm³/mol. The summed E-state index contributed by atoms with van der Waals surface area (Å²) >= 11 is 0. The molecule has 140 valence electrons. The minimum atomic E-state index is 0.277. The molecular weight excluding hydrogens is 330 g/mol. The third-order valence-corrected chi connectivity index (χ3v) is 4.75. The highest BCUT2D eigenvalue weighted by Gasteiger charge is 2.27. The Labute approximate surface area is 154 Å². The maximum atomic E-state index is 5.37. The second-order valence-electron chi connectivity index (χ2n) is 6.36. The van der Waals surface area contributed by atoms with E-state index in [1.807, 2.05) is 24.3 Å². The summed E-state index contributed by atoms with van der Waals surface area (Å²) in [4.78, 5) is 0. The molecule has 0 saturated carbocycles. The highest BCUT2D eigenvalue weighted by atomic mass is 16.5. The summed E-state index contributed by atoms with van der Waals surface area (Å²) in [5.41, 5.74) is 9.08. The molecule has 2 aromatic carbocycles. The molecule has 1 fully saturated rings. The quantitative estimate of drug-likeness (QED) is 0.674. The van der Waals surface area contributed by atoms with Gasteiger partial charge in [-0.3, -0.25) is 5.43 Å². The van der Waals surface area contributed by atoms with Crippen molar-refractivity contribution >= 4 is 0 Å². The Morgan fingerprint density at radius 2 is 1.73 bits per heavy atom. The molecule has 0 bridgehead atoms. The van der Waals surface area contributed by atoms with Crippen LogP contribution in [0.3, 0.4) is 0 Å². The van der Waals surface area contributed by atoms with Crippen LogP contribution in [0.1, 0.15) is 17.2 Å². The van der Waals surface area contributed by atoms with Crippen LogP contribution in [0.15, 0.2) is 42.5 Å². The van der Waals surface area contributed by atoms with Crippen LogP contribution in [0.4, 0.5) is 0 Å². The van der Waals surface area contributed by atoms with Gasteiger partial charge in [-0.2, -0.15) is 0 Å². The molecule has 6 heteroatoms. The second kappa shape index (κ2) is 8.89. The highest BCUT2D eigenvalue weighted by Crippen LogP contribution is 2.28. The van der Waals surface area contributed by atoms with Crippen LogP contribution in [0.2, 0.25) is 0 Å². The molecular formula is C20H27N3O3. The van der Waals surface area contributed by atoms with E-state index in [0.29, 0.717) is 5.92 Å². The molecule has 0 aliphatic carbocycles. The number of ether oxygens (including phenoxy) is 3. The molecule has 26 heavy (non-hydrogen) atoms. The van der Waals surface area contributed by atoms with Gasteiger partial charge in [0, 0.05) is 25.6 Å². The minimum absolute atomic E-state index is 0.277. The van der Waals surface area contributed by atoms with Gasteiger partial charge in [0.25, 0.3) is 0 Å². The van der Waals surface area contributed by atoms with Crippen LogP contribution in [-0.2, 0) is 6.54 Å². The van der Waals surface area contributed by atoms with Crippen LogP contribution in [0, 0.1) is 5.92 Å². The van der Waals surface area contributed by atoms with Crippen LogP contribution in [0.25, 0.3) is 0 Å². The molecule has 0 radical (unpaired) electrons. The summed E-state index contributed by atoms with van der Waals surface area (Å²) in [6.07, 6.45) is 0. The number of methoxy groups -OCH3 is 3. The van der Waals surface area contributed by atoms with Crippen molar-refractivity contribution in [1.82, 2.24) is 16.2 Å². The van der Waals surface area contributed by atoms with Gasteiger partial charge in [-0.15, -0.1) is 0 Å². The molecule has 1 aliphatic rings. The van der Waals surface area contributed by atoms with Crippen LogP contribution in [-0.4, -0.2) is 34.4 Å². The molecule has 2 atom stereocenters. The van der Waals surface area contributed by atoms with E-state index in [-0.39, 0.29) is 6.04 Å². The van der Waals surface area contributed by atoms with E-state index in [1.165, 1.54) is 11.1 Å². The van der Waals surface area contributed by atoms with Gasteiger partial charge in [-0.25, -0.2) is 5.43 Å². The molecule has 3 N–H and O–H groups in total. The molecule has 1 saturated heterocycles. The molecule has 2 unspecified atom stereocenters. The maximum absolute atomic E-state index is 5.37. The van der Waals surface area contributed by atoms with Gasteiger partial charge in [0.1, 0.15) is 5.75 Å². The van der Waals surface area contributed by atoms with Crippen molar-refractivity contribution in [2.45, 2.75) is 12.6 Å². The Bertz CT molecular complexity index is 706. The van der Waals surface area contributed by atoms with E-state index >= 15 is 0 Å². The standard InChI is InChI=1S/C20H27N3O3/c1-24-17-7-5-15(6-8-17)20-16(13-22-23-20)12-21-11-14-4-9-18(25-2)19(10-14)26-3/h4-10,16,20-23H,11-13H2,1-3H3. The van der Waals surface area contributed by atoms with Gasteiger partial charge in [-0.1, -0.05) is 18.2 Å². The summed E-state index contributed by atoms with van der Waals surface area (Å²) in [7, 11) is 4.99. The van der Waals surface area contributed by atoms with Crippen molar-refractivity contribution in [1.29, 1.82) is 0 Å². The van der Waals surface area contributed by atoms with Crippen LogP contribution >= 0.6 is 0 Å². The summed E-state index contributed by atoms with van der Waals surface area (Å²) < 4.78 is 15.9. The first-order valence-electron chi connectivity index (χ1n) is 8.79. The molecule has 0 amide bonds. The molecule has 2 aromatic rings. The second-order valence-corrected chi connectivity index (χ2v) is 6.36. The topological polar surface area (TPSA) is 63.8 Å². The Balaban J connectivity index is 1.56. The summed E-state index contributed by atoms with van der Waals surface area (Å²) in [5, 5.41) is 3.55. The predicted octanol–water partition coefficient (Wildman–Crippen LogP) is 2.27. The number of hydrazine groups is 1. The van der Waals surface area contributed by atoms with Crippen molar-refractivity contribution in [3.05, 3.63) is 53.6 Å². The zero-order valence-corrected chi connectivity index (χ0v) is 15.5. The van der Waals surface area contributed by atoms with Crippen LogP contribution in [0.5, 0.6) is 17.2 Å². The Kier molecular flexibility index (Phi) is 6.33. The zero-order valence-electron chi connectivity index (χ0n) is 15.5. The van der Waals surface area contributed by atoms with Crippen molar-refractivity contribution < 1.29 is 14.2 Å². The Morgan fingerprint density at radius 3 is 2.42 bits per heavy atom. The number of benzene rings is 2. The monoisotopic (exact) mass is 357 g/mol. The summed E-state index contributed by atoms with van der Waals surface area (Å²) in [5.74, 6) is 2.85. The lowest BCUT2D eigenvalue weighted by atomic mass is 9.95. The van der Waals surface area contributed by atoms with Crippen molar-refractivity contribution in [2.75, 3.05) is 34.4 Å². The largest absolute Gasteiger partial charge is 0.497 e. The molecule has 0 spiro atoms. The average Bonchev–Trinajstić information content (AvgIpc) is 3.16. The fourth-order valence-corrected chi connectivity index (χ4v) is 3.28. The lowest BCUT2D eigenvalue weighted by Crippen LogP contribution is -2.28. The highest BCUT2D eigenvalue weighted by molar-refractivity contribution is 5.42. The first-order valence-corrected chi connectivity index (χ1v) is 8.79. The molecule has 1 heterocycles. The zero-order chi connectivity index (χ0) is 18.4. The molecule has 3 rings (SSSR count). The normalized spacial score (nSPS) is 19.3. The lowest BCUT2D eigenvalue weighted by Gasteiger charge is -2.20. The smallest absolute Gasteiger partial charge is 0.161 e. The first-order chi connectivity index (χ1) is 12.7. The van der Waals surface area contributed by atoms with Crippen molar-refractivity contribution in [3.8, 4) is 17.2 Å². The van der Waals surface area contributed by atoms with Gasteiger partial charge in [0.2, 0.25) is 0 Å². The fourth-order valence-electron chi connectivity index (χ4n) is 3.28. The number of nitrogens with one attached hydrogen (secondary N) is 3. The van der Waals surface area contributed by atoms with E-state index in [4.69, 9.17) is 14.2 Å². The van der Waals surface area contributed by atoms with Gasteiger partial charge in [0.05, 0.1) is 27.4 Å². The third kappa shape index (κ3) is 4.27. The minimum Gasteiger partial charge on any atom is -0.497 e. The van der Waals surface area contributed by atoms with Gasteiger partial charge >= 0.3 is 0 Å². The summed E-state index contributed by atoms with van der Waals surface area (Å²) in [6, 6.07) is 14.5. The van der Waals surface area contributed by atoms with E-state index in [1.54, 1.807) is 21.3 Å². The molecule has 0 aromatic heterocycles. The Hall–Kier alpha value is -2.28. The van der Waals surface area contributed by atoms with Crippen LogP contribution < -0.4 is 30.4 Å². The fraction of sp³-hybridized carbons (Fsp3) is 0.400. The molecule has 1 aliphatic heterocycles. The van der Waals surface area contributed by atoms with E-state index in [0.717, 1.165) is 36.9 Å². The number of hydrogen-bond donors (Lipinski definition) is 3. The lowest BCUT2D eigenvalue weighted by molar-refractivity contribution is 0.354. The van der Waals surface area contributed by atoms with E-state index < -0.39 is 0 Å². The van der Waals surface area contributed by atoms with Gasteiger partial charge in [-0.05, 0) is 35.4 Å². The van der Waals surface area contributed by atoms with Crippen molar-refractivity contribution in [3.63, 3.8) is 0 Å². The maximum Gasteiger partial charge on any atom is 0.161 e. The third-order valence-electron chi connectivity index (χ3n) is 4.75. The van der Waals surface area contributed by atoms with E-state index in [9.17, 15) is 0 Å². The van der Waals surface area contributed by atoms with E-state index in [2.05, 4.69) is 34.4 Å². The first kappa shape index (κ1) is 18.5. The van der Waals surface area contributed by atoms with Crippen molar-refractivity contribution in [2.24, 2.45) is 5.92 Å². The average molecular weight is 357 g/mol. The summed E-state index contributed by atoms with van der Waals surface area (Å²) in [6.45, 7) is 2.62. The number of rotatable bonds is 8. The molecule has 6 nitrogen and oxygen atoms in total. The Morgan fingerprint density at radius 1 is 0.962 bits per heavy atom. The van der Waals surface area contributed by atoms with Gasteiger partial charge < -0.3 is 19.5 Å². The number of hydrogen-bond acceptors (Lipinski definition) is 6. The van der Waals surface area contributed by atoms with Gasteiger partial charge in [0.15, 0.2) is 11.5 Å². The SMILES string of the molecule is COc1ccc(C2NNCC2CNCc2ccc(OC)c(OC)c2)cc1.